The molecular weight excluding hydrogens is 496 g/mol. The zero-order valence-corrected chi connectivity index (χ0v) is 23.1. The summed E-state index contributed by atoms with van der Waals surface area (Å²) >= 11 is 0. The van der Waals surface area contributed by atoms with Crippen LogP contribution in [0, 0.1) is 6.92 Å². The highest BCUT2D eigenvalue weighted by Gasteiger charge is 2.25. The van der Waals surface area contributed by atoms with E-state index in [1.807, 2.05) is 77.2 Å². The predicted octanol–water partition coefficient (Wildman–Crippen LogP) is 6.10. The van der Waals surface area contributed by atoms with Crippen LogP contribution in [0.5, 0.6) is 0 Å². The molecule has 0 spiro atoms. The molecule has 1 fully saturated rings. The van der Waals surface area contributed by atoms with E-state index in [0.717, 1.165) is 76.6 Å². The Kier molecular flexibility index (Phi) is 7.27. The number of fused-ring (bicyclic) bond motifs is 1. The van der Waals surface area contributed by atoms with Gasteiger partial charge in [-0.3, -0.25) is 4.79 Å². The first-order valence-electron chi connectivity index (χ1n) is 14.1. The number of para-hydroxylation sites is 1. The molecule has 1 amide bonds. The fourth-order valence-electron chi connectivity index (χ4n) is 5.47. The van der Waals surface area contributed by atoms with Crippen LogP contribution in [0.15, 0.2) is 84.9 Å². The van der Waals surface area contributed by atoms with Gasteiger partial charge in [0.25, 0.3) is 5.91 Å². The first-order chi connectivity index (χ1) is 19.6. The molecule has 2 aromatic heterocycles. The molecular formula is C33H34N6O. The quantitative estimate of drug-likeness (QED) is 0.266. The van der Waals surface area contributed by atoms with Crippen molar-refractivity contribution in [1.29, 1.82) is 0 Å². The molecule has 7 heteroatoms. The second-order valence-electron chi connectivity index (χ2n) is 10.3. The smallest absolute Gasteiger partial charge is 0.253 e. The Bertz CT molecular complexity index is 1610. The largest absolute Gasteiger partial charge is 0.354 e. The summed E-state index contributed by atoms with van der Waals surface area (Å²) in [5.74, 6) is 1.83. The molecule has 0 N–H and O–H groups in total. The number of rotatable bonds is 6. The summed E-state index contributed by atoms with van der Waals surface area (Å²) in [6.45, 7) is 7.06. The molecule has 0 atom stereocenters. The fourth-order valence-corrected chi connectivity index (χ4v) is 5.47. The van der Waals surface area contributed by atoms with E-state index < -0.39 is 0 Å². The molecule has 0 unspecified atom stereocenters. The van der Waals surface area contributed by atoms with Gasteiger partial charge in [-0.05, 0) is 55.2 Å². The molecule has 6 rings (SSSR count). The molecule has 3 aromatic carbocycles. The van der Waals surface area contributed by atoms with Crippen molar-refractivity contribution in [3.8, 4) is 16.8 Å². The van der Waals surface area contributed by atoms with Gasteiger partial charge < -0.3 is 9.80 Å². The lowest BCUT2D eigenvalue weighted by molar-refractivity contribution is 0.0767. The lowest BCUT2D eigenvalue weighted by Gasteiger charge is -2.24. The molecule has 0 saturated carbocycles. The highest BCUT2D eigenvalue weighted by atomic mass is 16.2. The van der Waals surface area contributed by atoms with Crippen molar-refractivity contribution >= 4 is 22.8 Å². The van der Waals surface area contributed by atoms with Gasteiger partial charge in [0, 0.05) is 38.2 Å². The van der Waals surface area contributed by atoms with Crippen molar-refractivity contribution in [2.75, 3.05) is 31.1 Å². The molecule has 7 nitrogen and oxygen atoms in total. The number of anilines is 1. The predicted molar refractivity (Wildman–Crippen MR) is 160 cm³/mol. The van der Waals surface area contributed by atoms with Gasteiger partial charge in [0.2, 0.25) is 0 Å². The monoisotopic (exact) mass is 530 g/mol. The summed E-state index contributed by atoms with van der Waals surface area (Å²) < 4.78 is 1.93. The summed E-state index contributed by atoms with van der Waals surface area (Å²) in [5.41, 5.74) is 5.72. The van der Waals surface area contributed by atoms with Crippen LogP contribution >= 0.6 is 0 Å². The van der Waals surface area contributed by atoms with Crippen molar-refractivity contribution in [2.45, 2.75) is 33.1 Å². The number of amides is 1. The normalized spacial score (nSPS) is 13.9. The van der Waals surface area contributed by atoms with Crippen molar-refractivity contribution in [2.24, 2.45) is 0 Å². The minimum atomic E-state index is 0.0778. The lowest BCUT2D eigenvalue weighted by Crippen LogP contribution is -2.35. The van der Waals surface area contributed by atoms with Crippen molar-refractivity contribution < 1.29 is 4.79 Å². The van der Waals surface area contributed by atoms with Gasteiger partial charge in [-0.25, -0.2) is 14.6 Å². The first kappa shape index (κ1) is 25.7. The third kappa shape index (κ3) is 5.07. The van der Waals surface area contributed by atoms with Crippen LogP contribution in [0.3, 0.4) is 0 Å². The Morgan fingerprint density at radius 2 is 1.50 bits per heavy atom. The molecule has 1 aliphatic rings. The molecule has 0 aliphatic carbocycles. The number of carbonyl (C=O) groups is 1. The van der Waals surface area contributed by atoms with E-state index in [1.165, 1.54) is 0 Å². The summed E-state index contributed by atoms with van der Waals surface area (Å²) in [4.78, 5) is 27.8. The number of hydrogen-bond donors (Lipinski definition) is 0. The van der Waals surface area contributed by atoms with Gasteiger partial charge in [0.05, 0.1) is 16.8 Å². The van der Waals surface area contributed by atoms with E-state index in [1.54, 1.807) is 0 Å². The maximum Gasteiger partial charge on any atom is 0.253 e. The lowest BCUT2D eigenvalue weighted by atomic mass is 10.0. The van der Waals surface area contributed by atoms with Crippen LogP contribution in [0.4, 0.5) is 5.82 Å². The van der Waals surface area contributed by atoms with E-state index in [2.05, 4.69) is 36.1 Å². The van der Waals surface area contributed by atoms with Gasteiger partial charge in [0.1, 0.15) is 11.6 Å². The highest BCUT2D eigenvalue weighted by molar-refractivity contribution is 5.95. The molecule has 1 saturated heterocycles. The van der Waals surface area contributed by atoms with Gasteiger partial charge >= 0.3 is 0 Å². The number of hydrogen-bond acceptors (Lipinski definition) is 5. The summed E-state index contributed by atoms with van der Waals surface area (Å²) in [6.07, 6.45) is 2.64. The molecule has 0 radical (unpaired) electrons. The maximum absolute atomic E-state index is 13.5. The van der Waals surface area contributed by atoms with E-state index in [0.29, 0.717) is 19.6 Å². The van der Waals surface area contributed by atoms with Gasteiger partial charge in [0.15, 0.2) is 5.65 Å². The zero-order valence-electron chi connectivity index (χ0n) is 23.1. The minimum Gasteiger partial charge on any atom is -0.354 e. The SMILES string of the molecule is CCCc1nc(N2CCCN(C(=O)c3ccc(-c4ccccc4)cc3)CC2)c2c(C)nn(-c3ccccc3)c2n1. The van der Waals surface area contributed by atoms with Crippen molar-refractivity contribution in [3.05, 3.63) is 102 Å². The summed E-state index contributed by atoms with van der Waals surface area (Å²) in [6, 6.07) is 28.3. The number of benzene rings is 3. The zero-order chi connectivity index (χ0) is 27.5. The van der Waals surface area contributed by atoms with Crippen LogP contribution in [-0.4, -0.2) is 56.7 Å². The second kappa shape index (κ2) is 11.3. The Morgan fingerprint density at radius 3 is 2.23 bits per heavy atom. The first-order valence-corrected chi connectivity index (χ1v) is 14.1. The Labute approximate surface area is 235 Å². The number of aryl methyl sites for hydroxylation is 2. The van der Waals surface area contributed by atoms with Gasteiger partial charge in [-0.15, -0.1) is 0 Å². The Morgan fingerprint density at radius 1 is 0.800 bits per heavy atom. The second-order valence-corrected chi connectivity index (χ2v) is 10.3. The van der Waals surface area contributed by atoms with E-state index >= 15 is 0 Å². The molecule has 1 aliphatic heterocycles. The van der Waals surface area contributed by atoms with Gasteiger partial charge in [-0.1, -0.05) is 67.6 Å². The standard InChI is InChI=1S/C33H34N6O/c1-3-11-29-34-31(30-24(2)36-39(32(30)35-29)28-14-8-5-9-15-28)37-20-10-21-38(23-22-37)33(40)27-18-16-26(17-19-27)25-12-6-4-7-13-25/h4-9,12-19H,3,10-11,20-23H2,1-2H3. The topological polar surface area (TPSA) is 67.2 Å². The van der Waals surface area contributed by atoms with Crippen LogP contribution in [-0.2, 0) is 6.42 Å². The number of aromatic nitrogens is 4. The highest BCUT2D eigenvalue weighted by Crippen LogP contribution is 2.30. The van der Waals surface area contributed by atoms with Crippen LogP contribution in [0.2, 0.25) is 0 Å². The summed E-state index contributed by atoms with van der Waals surface area (Å²) in [7, 11) is 0. The third-order valence-corrected chi connectivity index (χ3v) is 7.53. The van der Waals surface area contributed by atoms with Crippen LogP contribution < -0.4 is 4.90 Å². The fraction of sp³-hybridized carbons (Fsp3) is 0.273. The van der Waals surface area contributed by atoms with Gasteiger partial charge in [-0.2, -0.15) is 5.10 Å². The number of nitrogens with zero attached hydrogens (tertiary/aromatic N) is 6. The van der Waals surface area contributed by atoms with Crippen LogP contribution in [0.1, 0.15) is 41.6 Å². The third-order valence-electron chi connectivity index (χ3n) is 7.53. The molecule has 0 bridgehead atoms. The minimum absolute atomic E-state index is 0.0778. The van der Waals surface area contributed by atoms with Crippen LogP contribution in [0.25, 0.3) is 27.8 Å². The Balaban J connectivity index is 1.26. The molecule has 5 aromatic rings. The average molecular weight is 531 g/mol. The molecule has 3 heterocycles. The average Bonchev–Trinajstić information content (AvgIpc) is 3.16. The van der Waals surface area contributed by atoms with Crippen molar-refractivity contribution in [1.82, 2.24) is 24.6 Å². The molecule has 202 valence electrons. The van der Waals surface area contributed by atoms with E-state index in [4.69, 9.17) is 15.1 Å². The van der Waals surface area contributed by atoms with E-state index in [-0.39, 0.29) is 5.91 Å². The maximum atomic E-state index is 13.5. The number of carbonyl (C=O) groups excluding carboxylic acids is 1. The van der Waals surface area contributed by atoms with E-state index in [9.17, 15) is 4.79 Å². The molecule has 40 heavy (non-hydrogen) atoms. The Hall–Kier alpha value is -4.52. The summed E-state index contributed by atoms with van der Waals surface area (Å²) in [5, 5.41) is 5.86. The van der Waals surface area contributed by atoms with Crippen molar-refractivity contribution in [3.63, 3.8) is 0 Å².